The van der Waals surface area contributed by atoms with Crippen LogP contribution >= 0.6 is 11.3 Å². The summed E-state index contributed by atoms with van der Waals surface area (Å²) in [4.78, 5) is 12.1. The molecule has 1 aromatic heterocycles. The Morgan fingerprint density at radius 3 is 3.00 bits per heavy atom. The third-order valence-electron chi connectivity index (χ3n) is 2.32. The normalized spacial score (nSPS) is 12.4. The number of aliphatic hydroxyl groups excluding tert-OH is 1. The molecule has 0 bridgehead atoms. The molecule has 0 aromatic carbocycles. The Balaban J connectivity index is 2.27. The molecule has 1 heterocycles. The molecule has 0 fully saturated rings. The number of carbonyl (C=O) groups is 1. The van der Waals surface area contributed by atoms with Crippen molar-refractivity contribution in [3.63, 3.8) is 0 Å². The lowest BCUT2D eigenvalue weighted by atomic mass is 10.2. The third kappa shape index (κ3) is 5.81. The first-order valence-electron chi connectivity index (χ1n) is 5.82. The van der Waals surface area contributed by atoms with Crippen LogP contribution in [-0.4, -0.2) is 23.7 Å². The van der Waals surface area contributed by atoms with Gasteiger partial charge in [-0.05, 0) is 37.8 Å². The average molecular weight is 256 g/mol. The molecular formula is C12H20N2O2S. The Labute approximate surface area is 106 Å². The van der Waals surface area contributed by atoms with Gasteiger partial charge in [0.25, 0.3) is 0 Å². The molecular weight excluding hydrogens is 236 g/mol. The van der Waals surface area contributed by atoms with E-state index in [4.69, 9.17) is 5.11 Å². The van der Waals surface area contributed by atoms with Gasteiger partial charge in [0.1, 0.15) is 0 Å². The Morgan fingerprint density at radius 1 is 1.59 bits per heavy atom. The highest BCUT2D eigenvalue weighted by molar-refractivity contribution is 7.10. The van der Waals surface area contributed by atoms with Gasteiger partial charge in [0.15, 0.2) is 0 Å². The van der Waals surface area contributed by atoms with E-state index in [1.54, 1.807) is 18.3 Å². The Hall–Kier alpha value is -0.910. The zero-order valence-electron chi connectivity index (χ0n) is 10.3. The molecule has 3 N–H and O–H groups in total. The highest BCUT2D eigenvalue weighted by Gasteiger charge is 2.05. The molecule has 5 heteroatoms. The fraction of sp³-hybridized carbons (Fsp3) is 0.583. The van der Waals surface area contributed by atoms with E-state index in [1.807, 2.05) is 11.4 Å². The fourth-order valence-corrected chi connectivity index (χ4v) is 2.30. The summed E-state index contributed by atoms with van der Waals surface area (Å²) in [5.74, 6) is -0.0428. The van der Waals surface area contributed by atoms with Crippen LogP contribution in [0.15, 0.2) is 11.4 Å². The van der Waals surface area contributed by atoms with Crippen LogP contribution in [0.5, 0.6) is 0 Å². The van der Waals surface area contributed by atoms with Gasteiger partial charge in [-0.2, -0.15) is 0 Å². The summed E-state index contributed by atoms with van der Waals surface area (Å²) in [7, 11) is 0. The zero-order valence-corrected chi connectivity index (χ0v) is 11.1. The Morgan fingerprint density at radius 2 is 2.35 bits per heavy atom. The van der Waals surface area contributed by atoms with Crippen LogP contribution in [0.1, 0.15) is 31.6 Å². The first kappa shape index (κ1) is 14.2. The first-order valence-corrected chi connectivity index (χ1v) is 6.70. The molecule has 0 radical (unpaired) electrons. The van der Waals surface area contributed by atoms with Crippen LogP contribution < -0.4 is 10.6 Å². The molecule has 1 aromatic rings. The van der Waals surface area contributed by atoms with E-state index < -0.39 is 0 Å². The van der Waals surface area contributed by atoms with Gasteiger partial charge in [0.05, 0.1) is 11.8 Å². The van der Waals surface area contributed by atoms with Crippen LogP contribution in [0, 0.1) is 0 Å². The topological polar surface area (TPSA) is 61.4 Å². The van der Waals surface area contributed by atoms with Gasteiger partial charge >= 0.3 is 0 Å². The molecule has 1 amide bonds. The second-order valence-corrected chi connectivity index (χ2v) is 5.11. The van der Waals surface area contributed by atoms with Crippen LogP contribution in [0.25, 0.3) is 0 Å². The number of hydrogen-bond donors (Lipinski definition) is 3. The number of carbonyl (C=O) groups excluding carboxylic acids is 1. The minimum absolute atomic E-state index is 0.0428. The van der Waals surface area contributed by atoms with Crippen LogP contribution in [-0.2, 0) is 11.3 Å². The highest BCUT2D eigenvalue weighted by Crippen LogP contribution is 2.21. The number of anilines is 1. The van der Waals surface area contributed by atoms with Crippen molar-refractivity contribution in [3.8, 4) is 0 Å². The molecule has 1 rings (SSSR count). The van der Waals surface area contributed by atoms with Gasteiger partial charge in [-0.15, -0.1) is 11.3 Å². The molecule has 0 spiro atoms. The number of nitrogens with one attached hydrogen (secondary N) is 2. The molecule has 4 nitrogen and oxygen atoms in total. The second-order valence-electron chi connectivity index (χ2n) is 4.11. The van der Waals surface area contributed by atoms with Gasteiger partial charge < -0.3 is 15.7 Å². The lowest BCUT2D eigenvalue weighted by Crippen LogP contribution is -2.17. The first-order chi connectivity index (χ1) is 8.09. The summed E-state index contributed by atoms with van der Waals surface area (Å²) in [5.41, 5.74) is 0.894. The summed E-state index contributed by atoms with van der Waals surface area (Å²) < 4.78 is 0. The van der Waals surface area contributed by atoms with Crippen molar-refractivity contribution in [1.29, 1.82) is 0 Å². The van der Waals surface area contributed by atoms with Crippen molar-refractivity contribution in [1.82, 2.24) is 5.32 Å². The largest absolute Gasteiger partial charge is 0.393 e. The van der Waals surface area contributed by atoms with E-state index in [0.717, 1.165) is 36.5 Å². The molecule has 1 atom stereocenters. The van der Waals surface area contributed by atoms with Gasteiger partial charge in [0.2, 0.25) is 5.91 Å². The third-order valence-corrected chi connectivity index (χ3v) is 3.24. The predicted octanol–water partition coefficient (Wildman–Crippen LogP) is 1.96. The van der Waals surface area contributed by atoms with Crippen molar-refractivity contribution < 1.29 is 9.90 Å². The van der Waals surface area contributed by atoms with Crippen molar-refractivity contribution >= 4 is 22.9 Å². The molecule has 0 saturated carbocycles. The van der Waals surface area contributed by atoms with E-state index in [0.29, 0.717) is 0 Å². The second kappa shape index (κ2) is 7.42. The maximum absolute atomic E-state index is 11.0. The molecule has 0 aliphatic carbocycles. The van der Waals surface area contributed by atoms with E-state index in [2.05, 4.69) is 10.6 Å². The summed E-state index contributed by atoms with van der Waals surface area (Å²) in [6, 6.07) is 1.92. The molecule has 17 heavy (non-hydrogen) atoms. The minimum atomic E-state index is -0.228. The van der Waals surface area contributed by atoms with Crippen molar-refractivity contribution in [2.45, 2.75) is 39.3 Å². The van der Waals surface area contributed by atoms with Gasteiger partial charge in [-0.1, -0.05) is 0 Å². The SMILES string of the molecule is CC(=O)Nc1ccsc1CNCCCC(C)O. The van der Waals surface area contributed by atoms with Crippen LogP contribution in [0.2, 0.25) is 0 Å². The summed E-state index contributed by atoms with van der Waals surface area (Å²) in [6.45, 7) is 4.95. The number of rotatable bonds is 7. The Bertz CT molecular complexity index is 350. The lowest BCUT2D eigenvalue weighted by molar-refractivity contribution is -0.114. The van der Waals surface area contributed by atoms with E-state index >= 15 is 0 Å². The monoisotopic (exact) mass is 256 g/mol. The maximum Gasteiger partial charge on any atom is 0.221 e. The van der Waals surface area contributed by atoms with Gasteiger partial charge in [-0.3, -0.25) is 4.79 Å². The summed E-state index contributed by atoms with van der Waals surface area (Å²) in [5, 5.41) is 17.2. The average Bonchev–Trinajstić information content (AvgIpc) is 2.64. The van der Waals surface area contributed by atoms with Gasteiger partial charge in [-0.25, -0.2) is 0 Å². The number of aliphatic hydroxyl groups is 1. The quantitative estimate of drug-likeness (QED) is 0.654. The molecule has 96 valence electrons. The number of hydrogen-bond acceptors (Lipinski definition) is 4. The van der Waals surface area contributed by atoms with E-state index in [1.165, 1.54) is 6.92 Å². The molecule has 0 aliphatic heterocycles. The maximum atomic E-state index is 11.0. The molecule has 1 unspecified atom stereocenters. The van der Waals surface area contributed by atoms with E-state index in [9.17, 15) is 4.79 Å². The van der Waals surface area contributed by atoms with Gasteiger partial charge in [0, 0.05) is 18.3 Å². The Kier molecular flexibility index (Phi) is 6.18. The summed E-state index contributed by atoms with van der Waals surface area (Å²) >= 11 is 1.63. The van der Waals surface area contributed by atoms with Crippen LogP contribution in [0.3, 0.4) is 0 Å². The zero-order chi connectivity index (χ0) is 12.7. The van der Waals surface area contributed by atoms with Crippen LogP contribution in [0.4, 0.5) is 5.69 Å². The minimum Gasteiger partial charge on any atom is -0.393 e. The van der Waals surface area contributed by atoms with Crippen molar-refractivity contribution in [2.24, 2.45) is 0 Å². The molecule has 0 saturated heterocycles. The smallest absolute Gasteiger partial charge is 0.221 e. The fourth-order valence-electron chi connectivity index (χ4n) is 1.50. The predicted molar refractivity (Wildman–Crippen MR) is 71.2 cm³/mol. The highest BCUT2D eigenvalue weighted by atomic mass is 32.1. The van der Waals surface area contributed by atoms with Crippen molar-refractivity contribution in [3.05, 3.63) is 16.3 Å². The van der Waals surface area contributed by atoms with E-state index in [-0.39, 0.29) is 12.0 Å². The molecule has 0 aliphatic rings. The lowest BCUT2D eigenvalue weighted by Gasteiger charge is -2.07. The van der Waals surface area contributed by atoms with Crippen molar-refractivity contribution in [2.75, 3.05) is 11.9 Å². The number of thiophene rings is 1. The number of amides is 1. The standard InChI is InChI=1S/C12H20N2O2S/c1-9(15)4-3-6-13-8-12-11(5-7-17-12)14-10(2)16/h5,7,9,13,15H,3-4,6,8H2,1-2H3,(H,14,16). The summed E-state index contributed by atoms with van der Waals surface area (Å²) in [6.07, 6.45) is 1.54.